The molecule has 2 aromatic carbocycles. The number of carbonyl (C=O) groups is 2. The molecule has 0 saturated heterocycles. The van der Waals surface area contributed by atoms with Gasteiger partial charge >= 0.3 is 0 Å². The number of hydrogen-bond donors (Lipinski definition) is 1. The van der Waals surface area contributed by atoms with Crippen LogP contribution in [0.3, 0.4) is 0 Å². The SMILES string of the molecule is COc1cc(C=O)cc(-c2cc(OC)cc(C=O)c2O)c1. The normalized spacial score (nSPS) is 10.0. The minimum Gasteiger partial charge on any atom is -0.507 e. The fourth-order valence-electron chi connectivity index (χ4n) is 2.02. The zero-order chi connectivity index (χ0) is 15.4. The van der Waals surface area contributed by atoms with Crippen LogP contribution in [0, 0.1) is 0 Å². The molecule has 2 aromatic rings. The molecule has 0 atom stereocenters. The van der Waals surface area contributed by atoms with Gasteiger partial charge in [0.2, 0.25) is 0 Å². The molecule has 0 amide bonds. The van der Waals surface area contributed by atoms with Crippen molar-refractivity contribution in [2.24, 2.45) is 0 Å². The van der Waals surface area contributed by atoms with Crippen molar-refractivity contribution in [1.82, 2.24) is 0 Å². The van der Waals surface area contributed by atoms with Gasteiger partial charge in [0.05, 0.1) is 19.8 Å². The highest BCUT2D eigenvalue weighted by molar-refractivity contribution is 5.89. The van der Waals surface area contributed by atoms with Crippen LogP contribution in [0.4, 0.5) is 0 Å². The molecule has 0 aliphatic heterocycles. The summed E-state index contributed by atoms with van der Waals surface area (Å²) in [6.45, 7) is 0. The van der Waals surface area contributed by atoms with Gasteiger partial charge in [-0.15, -0.1) is 0 Å². The van der Waals surface area contributed by atoms with Gasteiger partial charge in [-0.3, -0.25) is 9.59 Å². The van der Waals surface area contributed by atoms with Crippen molar-refractivity contribution < 1.29 is 24.2 Å². The first-order valence-electron chi connectivity index (χ1n) is 6.13. The number of aldehydes is 2. The van der Waals surface area contributed by atoms with E-state index in [1.807, 2.05) is 0 Å². The zero-order valence-electron chi connectivity index (χ0n) is 11.6. The maximum absolute atomic E-state index is 11.0. The first-order chi connectivity index (χ1) is 10.1. The maximum atomic E-state index is 11.0. The Kier molecular flexibility index (Phi) is 4.23. The Morgan fingerprint density at radius 1 is 0.905 bits per heavy atom. The van der Waals surface area contributed by atoms with Crippen LogP contribution in [0.15, 0.2) is 30.3 Å². The molecule has 108 valence electrons. The molecule has 0 radical (unpaired) electrons. The molecular weight excluding hydrogens is 272 g/mol. The summed E-state index contributed by atoms with van der Waals surface area (Å²) < 4.78 is 10.2. The van der Waals surface area contributed by atoms with Crippen molar-refractivity contribution in [3.8, 4) is 28.4 Å². The number of methoxy groups -OCH3 is 2. The van der Waals surface area contributed by atoms with E-state index < -0.39 is 0 Å². The number of aromatic hydroxyl groups is 1. The second-order valence-corrected chi connectivity index (χ2v) is 4.34. The summed E-state index contributed by atoms with van der Waals surface area (Å²) in [4.78, 5) is 22.0. The Morgan fingerprint density at radius 2 is 1.57 bits per heavy atom. The molecule has 21 heavy (non-hydrogen) atoms. The fourth-order valence-corrected chi connectivity index (χ4v) is 2.02. The average molecular weight is 286 g/mol. The van der Waals surface area contributed by atoms with Crippen molar-refractivity contribution in [3.63, 3.8) is 0 Å². The summed E-state index contributed by atoms with van der Waals surface area (Å²) in [5.74, 6) is 0.737. The number of rotatable bonds is 5. The lowest BCUT2D eigenvalue weighted by Gasteiger charge is -2.11. The smallest absolute Gasteiger partial charge is 0.153 e. The largest absolute Gasteiger partial charge is 0.507 e. The lowest BCUT2D eigenvalue weighted by Crippen LogP contribution is -1.93. The van der Waals surface area contributed by atoms with Crippen molar-refractivity contribution in [2.75, 3.05) is 14.2 Å². The van der Waals surface area contributed by atoms with E-state index in [1.54, 1.807) is 24.3 Å². The summed E-state index contributed by atoms with van der Waals surface area (Å²) in [6.07, 6.45) is 1.23. The minimum atomic E-state index is -0.170. The van der Waals surface area contributed by atoms with E-state index in [-0.39, 0.29) is 11.3 Å². The Bertz CT molecular complexity index is 691. The van der Waals surface area contributed by atoms with E-state index in [4.69, 9.17) is 9.47 Å². The Hall–Kier alpha value is -2.82. The Balaban J connectivity index is 2.70. The highest BCUT2D eigenvalue weighted by Crippen LogP contribution is 2.37. The van der Waals surface area contributed by atoms with Crippen LogP contribution in [-0.4, -0.2) is 31.9 Å². The number of phenolic OH excluding ortho intramolecular Hbond substituents is 1. The highest BCUT2D eigenvalue weighted by Gasteiger charge is 2.13. The van der Waals surface area contributed by atoms with Crippen LogP contribution in [0.5, 0.6) is 17.2 Å². The van der Waals surface area contributed by atoms with Crippen LogP contribution >= 0.6 is 0 Å². The Labute approximate surface area is 121 Å². The fraction of sp³-hybridized carbons (Fsp3) is 0.125. The lowest BCUT2D eigenvalue weighted by atomic mass is 9.99. The van der Waals surface area contributed by atoms with Crippen LogP contribution in [0.1, 0.15) is 20.7 Å². The van der Waals surface area contributed by atoms with E-state index in [9.17, 15) is 14.7 Å². The van der Waals surface area contributed by atoms with E-state index in [0.29, 0.717) is 40.8 Å². The van der Waals surface area contributed by atoms with Crippen LogP contribution in [0.25, 0.3) is 11.1 Å². The molecule has 0 heterocycles. The van der Waals surface area contributed by atoms with E-state index >= 15 is 0 Å². The summed E-state index contributed by atoms with van der Waals surface area (Å²) >= 11 is 0. The summed E-state index contributed by atoms with van der Waals surface area (Å²) in [5, 5.41) is 10.2. The van der Waals surface area contributed by atoms with E-state index in [0.717, 1.165) is 0 Å². The van der Waals surface area contributed by atoms with Gasteiger partial charge in [0, 0.05) is 11.1 Å². The molecule has 0 spiro atoms. The van der Waals surface area contributed by atoms with Gasteiger partial charge in [0.1, 0.15) is 23.5 Å². The maximum Gasteiger partial charge on any atom is 0.153 e. The molecule has 0 fully saturated rings. The minimum absolute atomic E-state index is 0.111. The molecule has 0 aliphatic carbocycles. The van der Waals surface area contributed by atoms with Gasteiger partial charge in [-0.05, 0) is 35.9 Å². The standard InChI is InChI=1S/C16H14O5/c1-20-13-4-10(8-17)3-11(5-13)15-7-14(21-2)6-12(9-18)16(15)19/h3-9,19H,1-2H3. The number of benzene rings is 2. The molecule has 1 N–H and O–H groups in total. The van der Waals surface area contributed by atoms with Crippen molar-refractivity contribution in [2.45, 2.75) is 0 Å². The molecular formula is C16H14O5. The molecule has 5 heteroatoms. The summed E-state index contributed by atoms with van der Waals surface area (Å²) in [5.41, 5.74) is 1.45. The third kappa shape index (κ3) is 2.86. The van der Waals surface area contributed by atoms with Crippen molar-refractivity contribution in [3.05, 3.63) is 41.5 Å². The average Bonchev–Trinajstić information content (AvgIpc) is 2.54. The highest BCUT2D eigenvalue weighted by atomic mass is 16.5. The number of hydrogen-bond acceptors (Lipinski definition) is 5. The molecule has 0 unspecified atom stereocenters. The predicted molar refractivity (Wildman–Crippen MR) is 77.4 cm³/mol. The lowest BCUT2D eigenvalue weighted by molar-refractivity contribution is 0.111. The van der Waals surface area contributed by atoms with Crippen LogP contribution < -0.4 is 9.47 Å². The zero-order valence-corrected chi connectivity index (χ0v) is 11.6. The third-order valence-corrected chi connectivity index (χ3v) is 3.09. The molecule has 0 aromatic heterocycles. The predicted octanol–water partition coefficient (Wildman–Crippen LogP) is 2.70. The number of carbonyl (C=O) groups excluding carboxylic acids is 2. The van der Waals surface area contributed by atoms with E-state index in [2.05, 4.69) is 0 Å². The third-order valence-electron chi connectivity index (χ3n) is 3.09. The van der Waals surface area contributed by atoms with Gasteiger partial charge in [-0.25, -0.2) is 0 Å². The van der Waals surface area contributed by atoms with Gasteiger partial charge in [0.15, 0.2) is 6.29 Å². The topological polar surface area (TPSA) is 72.8 Å². The number of ether oxygens (including phenoxy) is 2. The van der Waals surface area contributed by atoms with Gasteiger partial charge in [0.25, 0.3) is 0 Å². The van der Waals surface area contributed by atoms with E-state index in [1.165, 1.54) is 20.3 Å². The molecule has 0 bridgehead atoms. The first kappa shape index (κ1) is 14.6. The molecule has 0 aliphatic rings. The molecule has 2 rings (SSSR count). The molecule has 0 saturated carbocycles. The number of phenols is 1. The second-order valence-electron chi connectivity index (χ2n) is 4.34. The monoisotopic (exact) mass is 286 g/mol. The quantitative estimate of drug-likeness (QED) is 0.855. The van der Waals surface area contributed by atoms with Gasteiger partial charge in [-0.2, -0.15) is 0 Å². The molecule has 5 nitrogen and oxygen atoms in total. The van der Waals surface area contributed by atoms with Gasteiger partial charge in [-0.1, -0.05) is 0 Å². The van der Waals surface area contributed by atoms with Gasteiger partial charge < -0.3 is 14.6 Å². The Morgan fingerprint density at radius 3 is 2.14 bits per heavy atom. The van der Waals surface area contributed by atoms with Crippen molar-refractivity contribution >= 4 is 12.6 Å². The summed E-state index contributed by atoms with van der Waals surface area (Å²) in [6, 6.07) is 7.86. The second kappa shape index (κ2) is 6.09. The van der Waals surface area contributed by atoms with Crippen LogP contribution in [0.2, 0.25) is 0 Å². The first-order valence-corrected chi connectivity index (χ1v) is 6.13. The summed E-state index contributed by atoms with van der Waals surface area (Å²) in [7, 11) is 2.95. The van der Waals surface area contributed by atoms with Crippen molar-refractivity contribution in [1.29, 1.82) is 0 Å². The van der Waals surface area contributed by atoms with Crippen LogP contribution in [-0.2, 0) is 0 Å².